The van der Waals surface area contributed by atoms with Gasteiger partial charge in [-0.05, 0) is 28.7 Å². The van der Waals surface area contributed by atoms with E-state index in [-0.39, 0.29) is 12.2 Å². The van der Waals surface area contributed by atoms with Gasteiger partial charge in [-0.2, -0.15) is 5.26 Å². The van der Waals surface area contributed by atoms with Crippen molar-refractivity contribution in [2.24, 2.45) is 5.73 Å². The molecule has 1 rings (SSSR count). The molecular formula is C8H6F2IN3. The number of hydrogen-bond acceptors (Lipinski definition) is 3. The monoisotopic (exact) mass is 309 g/mol. The summed E-state index contributed by atoms with van der Waals surface area (Å²) in [5.41, 5.74) is 5.22. The van der Waals surface area contributed by atoms with E-state index in [0.29, 0.717) is 9.13 Å². The number of hydrogen-bond donors (Lipinski definition) is 1. The zero-order chi connectivity index (χ0) is 10.7. The minimum atomic E-state index is -2.70. The Labute approximate surface area is 93.1 Å². The molecule has 0 atom stereocenters. The van der Waals surface area contributed by atoms with E-state index in [2.05, 4.69) is 4.98 Å². The van der Waals surface area contributed by atoms with Crippen molar-refractivity contribution in [3.8, 4) is 6.07 Å². The summed E-state index contributed by atoms with van der Waals surface area (Å²) in [6.45, 7) is -0.00332. The molecule has 0 amide bonds. The molecule has 0 spiro atoms. The Kier molecular flexibility index (Phi) is 3.71. The maximum absolute atomic E-state index is 12.5. The van der Waals surface area contributed by atoms with Gasteiger partial charge >= 0.3 is 0 Å². The number of rotatable bonds is 2. The second-order valence-corrected chi connectivity index (χ2v) is 3.63. The summed E-state index contributed by atoms with van der Waals surface area (Å²) in [6, 6.07) is 3.16. The minimum Gasteiger partial charge on any atom is -0.326 e. The van der Waals surface area contributed by atoms with Crippen LogP contribution in [0.25, 0.3) is 0 Å². The molecule has 0 aliphatic carbocycles. The summed E-state index contributed by atoms with van der Waals surface area (Å²) >= 11 is 1.86. The molecule has 2 N–H and O–H groups in total. The van der Waals surface area contributed by atoms with Crippen molar-refractivity contribution in [1.29, 1.82) is 5.26 Å². The molecule has 3 nitrogen and oxygen atoms in total. The van der Waals surface area contributed by atoms with Crippen LogP contribution in [0.3, 0.4) is 0 Å². The number of aromatic nitrogens is 1. The van der Waals surface area contributed by atoms with E-state index in [1.807, 2.05) is 22.6 Å². The van der Waals surface area contributed by atoms with Crippen molar-refractivity contribution in [3.05, 3.63) is 26.6 Å². The van der Waals surface area contributed by atoms with Gasteiger partial charge in [0.25, 0.3) is 6.43 Å². The fourth-order valence-corrected chi connectivity index (χ4v) is 1.79. The Morgan fingerprint density at radius 3 is 2.71 bits per heavy atom. The maximum atomic E-state index is 12.5. The van der Waals surface area contributed by atoms with Crippen LogP contribution in [0.1, 0.15) is 23.4 Å². The van der Waals surface area contributed by atoms with Crippen molar-refractivity contribution in [3.63, 3.8) is 0 Å². The first-order valence-electron chi connectivity index (χ1n) is 3.67. The molecule has 0 radical (unpaired) electrons. The highest BCUT2D eigenvalue weighted by Crippen LogP contribution is 2.25. The predicted octanol–water partition coefficient (Wildman–Crippen LogP) is 1.95. The fourth-order valence-electron chi connectivity index (χ4n) is 0.999. The van der Waals surface area contributed by atoms with Crippen LogP contribution in [0, 0.1) is 14.9 Å². The fraction of sp³-hybridized carbons (Fsp3) is 0.250. The van der Waals surface area contributed by atoms with Crippen LogP contribution < -0.4 is 5.73 Å². The number of nitrogens with zero attached hydrogens (tertiary/aromatic N) is 2. The second-order valence-electron chi connectivity index (χ2n) is 2.47. The van der Waals surface area contributed by atoms with Gasteiger partial charge in [0.1, 0.15) is 17.5 Å². The zero-order valence-electron chi connectivity index (χ0n) is 6.97. The molecule has 0 aliphatic heterocycles. The molecule has 0 bridgehead atoms. The van der Waals surface area contributed by atoms with Gasteiger partial charge in [-0.1, -0.05) is 0 Å². The molecule has 1 heterocycles. The van der Waals surface area contributed by atoms with Crippen LogP contribution in [-0.4, -0.2) is 4.98 Å². The molecular weight excluding hydrogens is 303 g/mol. The lowest BCUT2D eigenvalue weighted by Gasteiger charge is -2.08. The standard InChI is InChI=1S/C8H6F2IN3/c9-8(10)7-5(3-13)6(11)1-4(2-12)14-7/h1,8H,3,13H2. The third-order valence-electron chi connectivity index (χ3n) is 1.63. The summed E-state index contributed by atoms with van der Waals surface area (Å²) in [6.07, 6.45) is -2.70. The molecule has 0 saturated heterocycles. The Balaban J connectivity index is 3.37. The molecule has 1 aromatic heterocycles. The van der Waals surface area contributed by atoms with Crippen molar-refractivity contribution in [2.45, 2.75) is 13.0 Å². The topological polar surface area (TPSA) is 62.7 Å². The third kappa shape index (κ3) is 2.16. The van der Waals surface area contributed by atoms with E-state index in [1.165, 1.54) is 6.07 Å². The normalized spacial score (nSPS) is 10.3. The maximum Gasteiger partial charge on any atom is 0.280 e. The van der Waals surface area contributed by atoms with Gasteiger partial charge in [-0.3, -0.25) is 0 Å². The average Bonchev–Trinajstić information content (AvgIpc) is 2.16. The van der Waals surface area contributed by atoms with Gasteiger partial charge in [0, 0.05) is 15.7 Å². The number of nitrogens with two attached hydrogens (primary N) is 1. The summed E-state index contributed by atoms with van der Waals surface area (Å²) in [4.78, 5) is 3.53. The van der Waals surface area contributed by atoms with Gasteiger partial charge in [-0.25, -0.2) is 13.8 Å². The van der Waals surface area contributed by atoms with E-state index in [9.17, 15) is 8.78 Å². The lowest BCUT2D eigenvalue weighted by Crippen LogP contribution is -2.08. The van der Waals surface area contributed by atoms with E-state index < -0.39 is 12.1 Å². The summed E-state index contributed by atoms with van der Waals surface area (Å²) < 4.78 is 25.5. The Bertz CT molecular complexity index is 387. The van der Waals surface area contributed by atoms with Crippen molar-refractivity contribution in [1.82, 2.24) is 4.98 Å². The molecule has 6 heteroatoms. The first-order valence-corrected chi connectivity index (χ1v) is 4.75. The van der Waals surface area contributed by atoms with Gasteiger partial charge < -0.3 is 5.73 Å². The quantitative estimate of drug-likeness (QED) is 0.849. The van der Waals surface area contributed by atoms with Crippen LogP contribution in [-0.2, 0) is 6.54 Å². The molecule has 1 aromatic rings. The molecule has 14 heavy (non-hydrogen) atoms. The number of nitriles is 1. The van der Waals surface area contributed by atoms with Crippen LogP contribution >= 0.6 is 22.6 Å². The SMILES string of the molecule is N#Cc1cc(I)c(CN)c(C(F)F)n1. The first kappa shape index (κ1) is 11.3. The highest BCUT2D eigenvalue weighted by molar-refractivity contribution is 14.1. The number of pyridine rings is 1. The zero-order valence-corrected chi connectivity index (χ0v) is 9.12. The number of halogens is 3. The largest absolute Gasteiger partial charge is 0.326 e. The van der Waals surface area contributed by atoms with E-state index in [4.69, 9.17) is 11.0 Å². The van der Waals surface area contributed by atoms with Crippen LogP contribution in [0.15, 0.2) is 6.07 Å². The predicted molar refractivity (Wildman–Crippen MR) is 54.5 cm³/mol. The Morgan fingerprint density at radius 2 is 2.29 bits per heavy atom. The summed E-state index contributed by atoms with van der Waals surface area (Å²) in [5.74, 6) is 0. The first-order chi connectivity index (χ1) is 6.60. The van der Waals surface area contributed by atoms with Crippen molar-refractivity contribution in [2.75, 3.05) is 0 Å². The van der Waals surface area contributed by atoms with Crippen molar-refractivity contribution < 1.29 is 8.78 Å². The van der Waals surface area contributed by atoms with E-state index in [1.54, 1.807) is 6.07 Å². The molecule has 0 fully saturated rings. The lowest BCUT2D eigenvalue weighted by atomic mass is 10.2. The van der Waals surface area contributed by atoms with Gasteiger partial charge in [-0.15, -0.1) is 0 Å². The highest BCUT2D eigenvalue weighted by Gasteiger charge is 2.17. The van der Waals surface area contributed by atoms with Gasteiger partial charge in [0.15, 0.2) is 0 Å². The Hall–Kier alpha value is -0.810. The lowest BCUT2D eigenvalue weighted by molar-refractivity contribution is 0.144. The second kappa shape index (κ2) is 4.61. The van der Waals surface area contributed by atoms with Gasteiger partial charge in [0.2, 0.25) is 0 Å². The summed E-state index contributed by atoms with van der Waals surface area (Å²) in [5, 5.41) is 8.54. The van der Waals surface area contributed by atoms with Crippen LogP contribution in [0.4, 0.5) is 8.78 Å². The van der Waals surface area contributed by atoms with E-state index >= 15 is 0 Å². The minimum absolute atomic E-state index is 0.00332. The number of alkyl halides is 2. The molecule has 74 valence electrons. The molecule has 0 unspecified atom stereocenters. The third-order valence-corrected chi connectivity index (χ3v) is 2.59. The van der Waals surface area contributed by atoms with Crippen LogP contribution in [0.5, 0.6) is 0 Å². The van der Waals surface area contributed by atoms with Crippen molar-refractivity contribution >= 4 is 22.6 Å². The van der Waals surface area contributed by atoms with E-state index in [0.717, 1.165) is 0 Å². The molecule has 0 saturated carbocycles. The molecule has 0 aliphatic rings. The smallest absolute Gasteiger partial charge is 0.280 e. The molecule has 0 aromatic carbocycles. The van der Waals surface area contributed by atoms with Gasteiger partial charge in [0.05, 0.1) is 0 Å². The summed E-state index contributed by atoms with van der Waals surface area (Å²) in [7, 11) is 0. The average molecular weight is 309 g/mol. The van der Waals surface area contributed by atoms with Crippen LogP contribution in [0.2, 0.25) is 0 Å². The Morgan fingerprint density at radius 1 is 1.64 bits per heavy atom. The highest BCUT2D eigenvalue weighted by atomic mass is 127.